The summed E-state index contributed by atoms with van der Waals surface area (Å²) in [6, 6.07) is -0.879. The Morgan fingerprint density at radius 3 is 1.85 bits per heavy atom. The van der Waals surface area contributed by atoms with E-state index in [0.29, 0.717) is 65.0 Å². The minimum Gasteiger partial charge on any atom is -0.480 e. The first kappa shape index (κ1) is 31.6. The molecule has 0 saturated carbocycles. The van der Waals surface area contributed by atoms with E-state index in [9.17, 15) is 14.4 Å². The van der Waals surface area contributed by atoms with Crippen LogP contribution in [-0.4, -0.2) is 99.8 Å². The number of hydrogen-bond acceptors (Lipinski definition) is 8. The van der Waals surface area contributed by atoms with Crippen molar-refractivity contribution in [3.05, 3.63) is 0 Å². The molecule has 2 amide bonds. The molecule has 0 aliphatic heterocycles. The topological polar surface area (TPSA) is 132 Å². The van der Waals surface area contributed by atoms with Gasteiger partial charge in [-0.3, -0.25) is 9.59 Å². The predicted molar refractivity (Wildman–Crippen MR) is 128 cm³/mol. The number of carboxylic acids is 1. The maximum Gasteiger partial charge on any atom is 0.327 e. The second kappa shape index (κ2) is 20.0. The lowest BCUT2D eigenvalue weighted by atomic mass is 9.92. The van der Waals surface area contributed by atoms with Crippen molar-refractivity contribution in [2.45, 2.75) is 46.6 Å². The maximum atomic E-state index is 11.8. The third-order valence-electron chi connectivity index (χ3n) is 3.97. The number of amides is 2. The second-order valence-electron chi connectivity index (χ2n) is 8.40. The van der Waals surface area contributed by atoms with Gasteiger partial charge in [0, 0.05) is 25.1 Å². The van der Waals surface area contributed by atoms with Gasteiger partial charge in [0.05, 0.1) is 52.9 Å². The third-order valence-corrected chi connectivity index (χ3v) is 4.95. The molecule has 11 heteroatoms. The first-order chi connectivity index (χ1) is 15.7. The van der Waals surface area contributed by atoms with E-state index >= 15 is 0 Å². The summed E-state index contributed by atoms with van der Waals surface area (Å²) in [5.74, 6) is -0.216. The Hall–Kier alpha value is -1.40. The number of rotatable bonds is 21. The van der Waals surface area contributed by atoms with Crippen LogP contribution in [0.4, 0.5) is 0 Å². The molecule has 0 bridgehead atoms. The molecule has 3 N–H and O–H groups in total. The van der Waals surface area contributed by atoms with Gasteiger partial charge in [0.1, 0.15) is 6.04 Å². The summed E-state index contributed by atoms with van der Waals surface area (Å²) in [4.78, 5) is 34.5. The highest BCUT2D eigenvalue weighted by Crippen LogP contribution is 2.17. The molecular formula is C22H42N2O8S. The van der Waals surface area contributed by atoms with Gasteiger partial charge in [-0.15, -0.1) is 0 Å². The van der Waals surface area contributed by atoms with Crippen LogP contribution in [0, 0.1) is 5.41 Å². The molecular weight excluding hydrogens is 452 g/mol. The molecule has 0 aliphatic carbocycles. The summed E-state index contributed by atoms with van der Waals surface area (Å²) < 4.78 is 21.5. The summed E-state index contributed by atoms with van der Waals surface area (Å²) in [6.07, 6.45) is 0.589. The van der Waals surface area contributed by atoms with Gasteiger partial charge in [-0.05, 0) is 11.2 Å². The lowest BCUT2D eigenvalue weighted by Gasteiger charge is -2.17. The fourth-order valence-corrected chi connectivity index (χ4v) is 3.11. The number of carbonyl (C=O) groups excluding carboxylic acids is 2. The van der Waals surface area contributed by atoms with Crippen molar-refractivity contribution >= 4 is 29.5 Å². The number of nitrogens with one attached hydrogen (secondary N) is 2. The minimum absolute atomic E-state index is 0.0239. The van der Waals surface area contributed by atoms with E-state index in [1.165, 1.54) is 11.8 Å². The summed E-state index contributed by atoms with van der Waals surface area (Å²) in [5, 5.41) is 14.4. The molecule has 0 aliphatic rings. The molecule has 1 atom stereocenters. The van der Waals surface area contributed by atoms with Gasteiger partial charge in [-0.25, -0.2) is 4.79 Å². The van der Waals surface area contributed by atoms with Crippen LogP contribution in [-0.2, 0) is 33.3 Å². The van der Waals surface area contributed by atoms with Gasteiger partial charge in [0.2, 0.25) is 11.8 Å². The summed E-state index contributed by atoms with van der Waals surface area (Å²) in [6.45, 7) is 11.6. The van der Waals surface area contributed by atoms with E-state index in [0.717, 1.165) is 5.75 Å². The van der Waals surface area contributed by atoms with Crippen molar-refractivity contribution in [1.29, 1.82) is 0 Å². The van der Waals surface area contributed by atoms with Crippen LogP contribution in [0.5, 0.6) is 0 Å². The van der Waals surface area contributed by atoms with Gasteiger partial charge in [0.15, 0.2) is 0 Å². The van der Waals surface area contributed by atoms with Gasteiger partial charge in [-0.1, -0.05) is 27.7 Å². The van der Waals surface area contributed by atoms with Gasteiger partial charge in [0.25, 0.3) is 0 Å². The van der Waals surface area contributed by atoms with Crippen LogP contribution in [0.3, 0.4) is 0 Å². The first-order valence-corrected chi connectivity index (χ1v) is 12.5. The van der Waals surface area contributed by atoms with Crippen LogP contribution >= 0.6 is 11.8 Å². The number of thioether (sulfide) groups is 1. The van der Waals surface area contributed by atoms with Crippen LogP contribution in [0.25, 0.3) is 0 Å². The Kier molecular flexibility index (Phi) is 19.2. The molecule has 0 aromatic heterocycles. The van der Waals surface area contributed by atoms with Crippen LogP contribution in [0.1, 0.15) is 40.5 Å². The zero-order valence-electron chi connectivity index (χ0n) is 20.5. The monoisotopic (exact) mass is 494 g/mol. The van der Waals surface area contributed by atoms with E-state index in [-0.39, 0.29) is 30.3 Å². The molecule has 0 saturated heterocycles. The van der Waals surface area contributed by atoms with Crippen molar-refractivity contribution < 1.29 is 38.4 Å². The second-order valence-corrected chi connectivity index (χ2v) is 9.72. The lowest BCUT2D eigenvalue weighted by molar-refractivity contribution is -0.141. The molecule has 0 spiro atoms. The van der Waals surface area contributed by atoms with Gasteiger partial charge in [-0.2, -0.15) is 11.8 Å². The quantitative estimate of drug-likeness (QED) is 0.202. The number of carboxylic acid groups (broad SMARTS) is 1. The first-order valence-electron chi connectivity index (χ1n) is 11.3. The summed E-state index contributed by atoms with van der Waals surface area (Å²) >= 11 is 1.46. The molecule has 0 rings (SSSR count). The van der Waals surface area contributed by atoms with Gasteiger partial charge >= 0.3 is 5.97 Å². The molecule has 0 aromatic rings. The van der Waals surface area contributed by atoms with E-state index in [2.05, 4.69) is 10.6 Å². The minimum atomic E-state index is -1.03. The molecule has 0 radical (unpaired) electrons. The largest absolute Gasteiger partial charge is 0.480 e. The van der Waals surface area contributed by atoms with Crippen molar-refractivity contribution in [2.24, 2.45) is 5.41 Å². The Morgan fingerprint density at radius 2 is 1.36 bits per heavy atom. The molecule has 1 unspecified atom stereocenters. The average Bonchev–Trinajstić information content (AvgIpc) is 2.72. The van der Waals surface area contributed by atoms with E-state index < -0.39 is 12.0 Å². The van der Waals surface area contributed by atoms with E-state index in [1.54, 1.807) is 0 Å². The smallest absolute Gasteiger partial charge is 0.327 e. The van der Waals surface area contributed by atoms with Crippen molar-refractivity contribution in [2.75, 3.05) is 70.9 Å². The Morgan fingerprint density at radius 1 is 0.848 bits per heavy atom. The highest BCUT2D eigenvalue weighted by Gasteiger charge is 2.19. The number of carbonyl (C=O) groups is 3. The average molecular weight is 495 g/mol. The van der Waals surface area contributed by atoms with Crippen molar-refractivity contribution in [3.63, 3.8) is 0 Å². The molecule has 194 valence electrons. The molecule has 33 heavy (non-hydrogen) atoms. The summed E-state index contributed by atoms with van der Waals surface area (Å²) in [7, 11) is 0. The maximum absolute atomic E-state index is 11.8. The number of hydrogen-bond donors (Lipinski definition) is 3. The summed E-state index contributed by atoms with van der Waals surface area (Å²) in [5.41, 5.74) is -0.0239. The molecule has 0 heterocycles. The van der Waals surface area contributed by atoms with Crippen LogP contribution < -0.4 is 10.6 Å². The number of ether oxygens (including phenoxy) is 4. The standard InChI is InChI=1S/C22H42N2O8S/c1-5-33-17-18(21(27)28)24-19(25)6-8-29-10-12-31-14-15-32-13-11-30-9-7-23-20(26)16-22(2,3)4/h18H,5-17H2,1-4H3,(H,23,26)(H,24,25)(H,27,28). The van der Waals surface area contributed by atoms with Crippen LogP contribution in [0.15, 0.2) is 0 Å². The van der Waals surface area contributed by atoms with E-state index in [4.69, 9.17) is 24.1 Å². The highest BCUT2D eigenvalue weighted by atomic mass is 32.2. The third kappa shape index (κ3) is 22.2. The number of aliphatic carboxylic acids is 1. The highest BCUT2D eigenvalue weighted by molar-refractivity contribution is 7.99. The van der Waals surface area contributed by atoms with Crippen molar-refractivity contribution in [1.82, 2.24) is 10.6 Å². The molecule has 10 nitrogen and oxygen atoms in total. The van der Waals surface area contributed by atoms with Crippen molar-refractivity contribution in [3.8, 4) is 0 Å². The van der Waals surface area contributed by atoms with Crippen LogP contribution in [0.2, 0.25) is 0 Å². The SMILES string of the molecule is CCSCC(NC(=O)CCOCCOCCOCCOCCNC(=O)CC(C)(C)C)C(=O)O. The lowest BCUT2D eigenvalue weighted by Crippen LogP contribution is -2.42. The molecule has 0 fully saturated rings. The predicted octanol–water partition coefficient (Wildman–Crippen LogP) is 1.32. The molecule has 0 aromatic carbocycles. The zero-order chi connectivity index (χ0) is 25.0. The normalized spacial score (nSPS) is 12.4. The van der Waals surface area contributed by atoms with E-state index in [1.807, 2.05) is 27.7 Å². The van der Waals surface area contributed by atoms with Gasteiger partial charge < -0.3 is 34.7 Å². The fraction of sp³-hybridized carbons (Fsp3) is 0.864. The Bertz CT molecular complexity index is 543. The Labute approximate surface area is 201 Å². The fourth-order valence-electron chi connectivity index (χ4n) is 2.41. The zero-order valence-corrected chi connectivity index (χ0v) is 21.3. The Balaban J connectivity index is 3.42.